The third kappa shape index (κ3) is 9.70. The second-order valence-corrected chi connectivity index (χ2v) is 12.3. The Labute approximate surface area is 212 Å². The Morgan fingerprint density at radius 2 is 1.00 bits per heavy atom. The monoisotopic (exact) mass is 494 g/mol. The molecule has 0 aliphatic carbocycles. The molecule has 8 nitrogen and oxygen atoms in total. The molecule has 0 heterocycles. The maximum absolute atomic E-state index is 12.5. The van der Waals surface area contributed by atoms with Crippen molar-refractivity contribution >= 4 is 32.2 Å². The van der Waals surface area contributed by atoms with E-state index in [2.05, 4.69) is 8.37 Å². The molecule has 0 aliphatic heterocycles. The molecule has 0 N–H and O–H groups in total. The quantitative estimate of drug-likeness (QED) is 0.247. The molecule has 2 atom stereocenters. The Balaban J connectivity index is -0.00000420. The number of hydrogen-bond donors (Lipinski definition) is 0. The van der Waals surface area contributed by atoms with Crippen molar-refractivity contribution in [3.8, 4) is 0 Å². The van der Waals surface area contributed by atoms with Crippen LogP contribution in [-0.4, -0.2) is 38.3 Å². The van der Waals surface area contributed by atoms with E-state index in [-0.39, 0.29) is 43.8 Å². The van der Waals surface area contributed by atoms with Crippen molar-refractivity contribution in [2.45, 2.75) is 115 Å². The molecule has 0 aromatic carbocycles. The summed E-state index contributed by atoms with van der Waals surface area (Å²) in [6.07, 6.45) is 3.01. The first kappa shape index (κ1) is 33.0. The molecule has 0 aliphatic rings. The van der Waals surface area contributed by atoms with Gasteiger partial charge in [-0.2, -0.15) is 16.8 Å². The van der Waals surface area contributed by atoms with E-state index < -0.39 is 54.5 Å². The maximum Gasteiger partial charge on any atom is 1.00 e. The van der Waals surface area contributed by atoms with Gasteiger partial charge in [0, 0.05) is 0 Å². The van der Waals surface area contributed by atoms with Gasteiger partial charge in [0.2, 0.25) is 0 Å². The van der Waals surface area contributed by atoms with Gasteiger partial charge in [0.15, 0.2) is 0 Å². The number of unbranched alkanes of at least 4 members (excludes halogenated alkanes) is 2. The normalized spacial score (nSPS) is 15.8. The van der Waals surface area contributed by atoms with E-state index in [0.29, 0.717) is 25.7 Å². The fourth-order valence-electron chi connectivity index (χ4n) is 2.79. The van der Waals surface area contributed by atoms with E-state index in [4.69, 9.17) is 0 Å². The maximum atomic E-state index is 12.5. The molecular weight excluding hydrogens is 455 g/mol. The van der Waals surface area contributed by atoms with E-state index in [9.17, 15) is 26.4 Å². The van der Waals surface area contributed by atoms with E-state index in [1.807, 2.05) is 13.8 Å². The number of rotatable bonds is 15. The van der Waals surface area contributed by atoms with Crippen LogP contribution in [0, 0.1) is 0 Å². The molecule has 0 saturated heterocycles. The summed E-state index contributed by atoms with van der Waals surface area (Å²) in [6.45, 7) is 10.3. The third-order valence-electron chi connectivity index (χ3n) is 5.76. The molecule has 11 heteroatoms. The van der Waals surface area contributed by atoms with Gasteiger partial charge in [-0.05, 0) is 39.5 Å². The van der Waals surface area contributed by atoms with Gasteiger partial charge in [-0.25, -0.2) is 0 Å². The number of carbonyl (C=O) groups is 2. The first-order chi connectivity index (χ1) is 13.7. The van der Waals surface area contributed by atoms with Gasteiger partial charge in [0.05, 0.1) is 12.8 Å². The molecule has 0 rings (SSSR count). The van der Waals surface area contributed by atoms with E-state index in [1.54, 1.807) is 13.8 Å². The molecule has 0 radical (unpaired) electrons. The van der Waals surface area contributed by atoms with E-state index in [0.717, 1.165) is 12.8 Å². The third-order valence-corrected chi connectivity index (χ3v) is 9.97. The first-order valence-electron chi connectivity index (χ1n) is 10.7. The van der Waals surface area contributed by atoms with Gasteiger partial charge in [-0.3, -0.25) is 9.59 Å². The fourth-order valence-corrected chi connectivity index (χ4v) is 5.35. The largest absolute Gasteiger partial charge is 1.00 e. The first-order valence-corrected chi connectivity index (χ1v) is 13.5. The van der Waals surface area contributed by atoms with Gasteiger partial charge < -0.3 is 9.79 Å². The summed E-state index contributed by atoms with van der Waals surface area (Å²) in [5.74, 6) is -2.21. The molecule has 0 bridgehead atoms. The molecule has 0 spiro atoms. The molecule has 2 unspecified atom stereocenters. The minimum atomic E-state index is -4.18. The number of carbonyl (C=O) groups excluding carboxylic acids is 2. The summed E-state index contributed by atoms with van der Waals surface area (Å²) in [6, 6.07) is 0. The van der Waals surface area contributed by atoms with E-state index in [1.165, 1.54) is 13.8 Å². The smallest absolute Gasteiger partial charge is 1.00 e. The second kappa shape index (κ2) is 14.2. The summed E-state index contributed by atoms with van der Waals surface area (Å²) in [5.41, 5.74) is 0. The predicted molar refractivity (Wildman–Crippen MR) is 117 cm³/mol. The minimum Gasteiger partial charge on any atom is -1.00 e. The summed E-state index contributed by atoms with van der Waals surface area (Å²) in [4.78, 5) is 24.0. The Hall–Kier alpha value is -0.160. The van der Waals surface area contributed by atoms with E-state index >= 15 is 0 Å². The van der Waals surface area contributed by atoms with Crippen LogP contribution < -0.4 is 29.6 Å². The van der Waals surface area contributed by atoms with Crippen LogP contribution in [0.15, 0.2) is 0 Å². The van der Waals surface area contributed by atoms with Crippen LogP contribution in [0.1, 0.15) is 107 Å². The van der Waals surface area contributed by atoms with Crippen LogP contribution >= 0.6 is 0 Å². The average Bonchev–Trinajstić information content (AvgIpc) is 2.67. The molecule has 0 saturated carbocycles. The van der Waals surface area contributed by atoms with Crippen molar-refractivity contribution in [3.63, 3.8) is 0 Å². The second-order valence-electron chi connectivity index (χ2n) is 8.13. The summed E-state index contributed by atoms with van der Waals surface area (Å²) >= 11 is 0. The van der Waals surface area contributed by atoms with Crippen molar-refractivity contribution in [1.82, 2.24) is 0 Å². The van der Waals surface area contributed by atoms with Crippen molar-refractivity contribution in [3.05, 3.63) is 0 Å². The molecule has 0 fully saturated rings. The van der Waals surface area contributed by atoms with Crippen LogP contribution in [0.25, 0.3) is 0 Å². The Bertz CT molecular complexity index is 719. The molecule has 0 amide bonds. The van der Waals surface area contributed by atoms with Crippen molar-refractivity contribution in [2.24, 2.45) is 0 Å². The van der Waals surface area contributed by atoms with Crippen LogP contribution in [0.3, 0.4) is 0 Å². The van der Waals surface area contributed by atoms with Gasteiger partial charge >= 0.3 is 61.7 Å². The minimum absolute atomic E-state index is 0. The zero-order valence-corrected chi connectivity index (χ0v) is 23.8. The summed E-state index contributed by atoms with van der Waals surface area (Å²) in [5, 5.41) is 0. The molecular formula is C20H39NaO8S2. The summed E-state index contributed by atoms with van der Waals surface area (Å²) in [7, 11) is -8.37. The van der Waals surface area contributed by atoms with Crippen molar-refractivity contribution < 1.29 is 65.8 Å². The predicted octanol–water partition coefficient (Wildman–Crippen LogP) is 1.35. The SMILES string of the molecule is CCCCC(C)(CC)S(=O)(=O)OC(=O)CCC(=O)OS(=O)(=O)C(C)(CC)CCCC.[H-].[Na+]. The average molecular weight is 495 g/mol. The Morgan fingerprint density at radius 1 is 0.710 bits per heavy atom. The molecule has 180 valence electrons. The van der Waals surface area contributed by atoms with Gasteiger partial charge in [-0.1, -0.05) is 53.4 Å². The zero-order valence-electron chi connectivity index (χ0n) is 21.2. The van der Waals surface area contributed by atoms with Gasteiger partial charge in [0.25, 0.3) is 0 Å². The van der Waals surface area contributed by atoms with Crippen LogP contribution in [0.5, 0.6) is 0 Å². The fraction of sp³-hybridized carbons (Fsp3) is 0.900. The van der Waals surface area contributed by atoms with Gasteiger partial charge in [-0.15, -0.1) is 0 Å². The molecule has 0 aromatic heterocycles. The Kier molecular flexibility index (Phi) is 15.1. The molecule has 31 heavy (non-hydrogen) atoms. The molecule has 0 aromatic rings. The van der Waals surface area contributed by atoms with Crippen molar-refractivity contribution in [2.75, 3.05) is 0 Å². The summed E-state index contributed by atoms with van der Waals surface area (Å²) < 4.78 is 56.9. The van der Waals surface area contributed by atoms with Crippen molar-refractivity contribution in [1.29, 1.82) is 0 Å². The Morgan fingerprint density at radius 3 is 1.23 bits per heavy atom. The number of hydrogen-bond acceptors (Lipinski definition) is 8. The van der Waals surface area contributed by atoms with Crippen LogP contribution in [-0.2, 0) is 38.2 Å². The zero-order chi connectivity index (χ0) is 23.6. The van der Waals surface area contributed by atoms with Crippen LogP contribution in [0.4, 0.5) is 0 Å². The topological polar surface area (TPSA) is 121 Å². The standard InChI is InChI=1S/C20H38O8S2.Na.H/c1-7-11-15-19(5,9-3)29(23,24)27-17(21)13-14-18(22)28-30(25,26)20(6,10-4)16-12-8-2;;/h7-16H2,1-6H3;;/q;+1;-1. The van der Waals surface area contributed by atoms with Crippen LogP contribution in [0.2, 0.25) is 0 Å². The van der Waals surface area contributed by atoms with Gasteiger partial charge in [0.1, 0.15) is 9.49 Å².